The van der Waals surface area contributed by atoms with Crippen LogP contribution in [0.15, 0.2) is 18.2 Å². The second kappa shape index (κ2) is 6.95. The Kier molecular flexibility index (Phi) is 5.26. The molecule has 1 aliphatic heterocycles. The van der Waals surface area contributed by atoms with Gasteiger partial charge < -0.3 is 20.3 Å². The van der Waals surface area contributed by atoms with Crippen LogP contribution in [-0.4, -0.2) is 56.7 Å². The van der Waals surface area contributed by atoms with E-state index in [0.29, 0.717) is 0 Å². The van der Waals surface area contributed by atoms with Crippen molar-refractivity contribution < 1.29 is 4.74 Å². The normalized spacial score (nSPS) is 17.6. The average molecular weight is 277 g/mol. The maximum atomic E-state index is 5.95. The molecule has 1 saturated heterocycles. The predicted octanol–water partition coefficient (Wildman–Crippen LogP) is 1.85. The number of nitrogens with zero attached hydrogens (tertiary/aromatic N) is 2. The van der Waals surface area contributed by atoms with E-state index in [2.05, 4.69) is 30.0 Å². The van der Waals surface area contributed by atoms with Gasteiger partial charge in [-0.2, -0.15) is 0 Å². The summed E-state index contributed by atoms with van der Waals surface area (Å²) in [7, 11) is 6.10. The molecule has 0 aromatic heterocycles. The number of methoxy groups -OCH3 is 1. The molecule has 1 fully saturated rings. The van der Waals surface area contributed by atoms with Crippen LogP contribution in [0, 0.1) is 0 Å². The fourth-order valence-electron chi connectivity index (χ4n) is 2.86. The van der Waals surface area contributed by atoms with E-state index in [9.17, 15) is 0 Å². The zero-order valence-corrected chi connectivity index (χ0v) is 12.9. The minimum atomic E-state index is 0.724. The van der Waals surface area contributed by atoms with Gasteiger partial charge >= 0.3 is 0 Å². The highest BCUT2D eigenvalue weighted by molar-refractivity contribution is 5.54. The van der Waals surface area contributed by atoms with Crippen LogP contribution in [0.25, 0.3) is 0 Å². The minimum Gasteiger partial charge on any atom is -0.495 e. The first-order valence-corrected chi connectivity index (χ1v) is 7.41. The van der Waals surface area contributed by atoms with Crippen LogP contribution in [0.4, 0.5) is 5.69 Å². The molecule has 1 aliphatic rings. The van der Waals surface area contributed by atoms with Gasteiger partial charge in [0, 0.05) is 12.6 Å². The van der Waals surface area contributed by atoms with E-state index in [1.54, 1.807) is 7.11 Å². The quantitative estimate of drug-likeness (QED) is 0.834. The number of piperidine rings is 1. The molecule has 0 aliphatic carbocycles. The Hall–Kier alpha value is -1.26. The third-order valence-corrected chi connectivity index (χ3v) is 4.36. The second-order valence-corrected chi connectivity index (χ2v) is 5.84. The number of rotatable bonds is 5. The Labute approximate surface area is 122 Å². The summed E-state index contributed by atoms with van der Waals surface area (Å²) in [5.41, 5.74) is 7.96. The van der Waals surface area contributed by atoms with Crippen LogP contribution in [0.5, 0.6) is 5.75 Å². The monoisotopic (exact) mass is 277 g/mol. The molecule has 4 nitrogen and oxygen atoms in total. The highest BCUT2D eigenvalue weighted by Gasteiger charge is 2.20. The van der Waals surface area contributed by atoms with Gasteiger partial charge in [0.25, 0.3) is 0 Å². The summed E-state index contributed by atoms with van der Waals surface area (Å²) in [4.78, 5) is 4.90. The van der Waals surface area contributed by atoms with Crippen molar-refractivity contribution in [3.05, 3.63) is 23.8 Å². The lowest BCUT2D eigenvalue weighted by atomic mass is 10.0. The van der Waals surface area contributed by atoms with Crippen LogP contribution in [0.1, 0.15) is 18.4 Å². The number of likely N-dealkylation sites (tertiary alicyclic amines) is 1. The number of hydrogen-bond donors (Lipinski definition) is 1. The molecule has 1 aromatic rings. The molecule has 1 aromatic carbocycles. The molecular weight excluding hydrogens is 250 g/mol. The number of benzene rings is 1. The first-order valence-electron chi connectivity index (χ1n) is 7.41. The lowest BCUT2D eigenvalue weighted by Crippen LogP contribution is -2.42. The molecule has 0 amide bonds. The van der Waals surface area contributed by atoms with E-state index >= 15 is 0 Å². The van der Waals surface area contributed by atoms with Crippen LogP contribution in [0.3, 0.4) is 0 Å². The highest BCUT2D eigenvalue weighted by Crippen LogP contribution is 2.22. The van der Waals surface area contributed by atoms with E-state index in [-0.39, 0.29) is 0 Å². The Balaban J connectivity index is 1.83. The SMILES string of the molecule is COc1ccc(CCN(C)C2CCN(C)CC2)cc1N. The van der Waals surface area contributed by atoms with Gasteiger partial charge in [-0.05, 0) is 64.1 Å². The standard InChI is InChI=1S/C16H27N3O/c1-18-9-7-14(8-10-18)19(2)11-6-13-4-5-16(20-3)15(17)12-13/h4-5,12,14H,6-11,17H2,1-3H3. The largest absolute Gasteiger partial charge is 0.495 e. The van der Waals surface area contributed by atoms with Crippen molar-refractivity contribution in [2.75, 3.05) is 46.6 Å². The van der Waals surface area contributed by atoms with Crippen LogP contribution in [-0.2, 0) is 6.42 Å². The molecule has 0 saturated carbocycles. The summed E-state index contributed by atoms with van der Waals surface area (Å²) in [6.45, 7) is 3.51. The molecule has 0 spiro atoms. The average Bonchev–Trinajstić information content (AvgIpc) is 2.45. The summed E-state index contributed by atoms with van der Waals surface area (Å²) >= 11 is 0. The molecule has 1 heterocycles. The maximum Gasteiger partial charge on any atom is 0.141 e. The van der Waals surface area contributed by atoms with Gasteiger partial charge in [-0.15, -0.1) is 0 Å². The van der Waals surface area contributed by atoms with Gasteiger partial charge in [0.1, 0.15) is 5.75 Å². The zero-order valence-electron chi connectivity index (χ0n) is 12.9. The molecule has 0 atom stereocenters. The van der Waals surface area contributed by atoms with Crippen molar-refractivity contribution in [1.82, 2.24) is 9.80 Å². The molecule has 0 bridgehead atoms. The molecule has 4 heteroatoms. The van der Waals surface area contributed by atoms with Crippen molar-refractivity contribution in [2.24, 2.45) is 0 Å². The summed E-state index contributed by atoms with van der Waals surface area (Å²) in [5.74, 6) is 0.762. The third-order valence-electron chi connectivity index (χ3n) is 4.36. The molecular formula is C16H27N3O. The lowest BCUT2D eigenvalue weighted by molar-refractivity contribution is 0.145. The van der Waals surface area contributed by atoms with Gasteiger partial charge in [-0.25, -0.2) is 0 Å². The minimum absolute atomic E-state index is 0.724. The van der Waals surface area contributed by atoms with Gasteiger partial charge in [-0.3, -0.25) is 0 Å². The molecule has 0 radical (unpaired) electrons. The topological polar surface area (TPSA) is 41.7 Å². The third kappa shape index (κ3) is 3.87. The lowest BCUT2D eigenvalue weighted by Gasteiger charge is -2.35. The summed E-state index contributed by atoms with van der Waals surface area (Å²) in [6, 6.07) is 6.82. The predicted molar refractivity (Wildman–Crippen MR) is 84.3 cm³/mol. The first-order chi connectivity index (χ1) is 9.60. The molecule has 0 unspecified atom stereocenters. The fourth-order valence-corrected chi connectivity index (χ4v) is 2.86. The summed E-state index contributed by atoms with van der Waals surface area (Å²) in [6.07, 6.45) is 3.59. The van der Waals surface area contributed by atoms with Gasteiger partial charge in [0.2, 0.25) is 0 Å². The van der Waals surface area contributed by atoms with Crippen molar-refractivity contribution in [2.45, 2.75) is 25.3 Å². The fraction of sp³-hybridized carbons (Fsp3) is 0.625. The van der Waals surface area contributed by atoms with Crippen LogP contribution < -0.4 is 10.5 Å². The highest BCUT2D eigenvalue weighted by atomic mass is 16.5. The van der Waals surface area contributed by atoms with Crippen molar-refractivity contribution in [1.29, 1.82) is 0 Å². The number of likely N-dealkylation sites (N-methyl/N-ethyl adjacent to an activating group) is 1. The van der Waals surface area contributed by atoms with Crippen molar-refractivity contribution in [3.63, 3.8) is 0 Å². The number of ether oxygens (including phenoxy) is 1. The Morgan fingerprint density at radius 2 is 2.05 bits per heavy atom. The van der Waals surface area contributed by atoms with Crippen molar-refractivity contribution >= 4 is 5.69 Å². The Morgan fingerprint density at radius 3 is 2.65 bits per heavy atom. The first kappa shape index (κ1) is 15.1. The number of nitrogen functional groups attached to an aromatic ring is 1. The number of anilines is 1. The van der Waals surface area contributed by atoms with Crippen LogP contribution >= 0.6 is 0 Å². The van der Waals surface area contributed by atoms with E-state index in [4.69, 9.17) is 10.5 Å². The number of hydrogen-bond acceptors (Lipinski definition) is 4. The number of nitrogens with two attached hydrogens (primary N) is 1. The molecule has 2 rings (SSSR count). The summed E-state index contributed by atoms with van der Waals surface area (Å²) in [5, 5.41) is 0. The second-order valence-electron chi connectivity index (χ2n) is 5.84. The van der Waals surface area contributed by atoms with E-state index in [1.807, 2.05) is 12.1 Å². The van der Waals surface area contributed by atoms with E-state index in [1.165, 1.54) is 31.5 Å². The zero-order chi connectivity index (χ0) is 14.5. The Morgan fingerprint density at radius 1 is 1.35 bits per heavy atom. The van der Waals surface area contributed by atoms with Crippen LogP contribution in [0.2, 0.25) is 0 Å². The van der Waals surface area contributed by atoms with E-state index in [0.717, 1.165) is 30.4 Å². The molecule has 20 heavy (non-hydrogen) atoms. The Bertz CT molecular complexity index is 428. The molecule has 2 N–H and O–H groups in total. The smallest absolute Gasteiger partial charge is 0.141 e. The van der Waals surface area contributed by atoms with Gasteiger partial charge in [-0.1, -0.05) is 6.07 Å². The van der Waals surface area contributed by atoms with Gasteiger partial charge in [0.15, 0.2) is 0 Å². The molecule has 112 valence electrons. The van der Waals surface area contributed by atoms with Gasteiger partial charge in [0.05, 0.1) is 12.8 Å². The summed E-state index contributed by atoms with van der Waals surface area (Å²) < 4.78 is 5.19. The maximum absolute atomic E-state index is 5.95. The van der Waals surface area contributed by atoms with Crippen molar-refractivity contribution in [3.8, 4) is 5.75 Å². The van der Waals surface area contributed by atoms with E-state index < -0.39 is 0 Å².